The third-order valence-corrected chi connectivity index (χ3v) is 3.25. The van der Waals surface area contributed by atoms with Crippen LogP contribution in [0.3, 0.4) is 0 Å². The number of terminal acetylenes is 1. The summed E-state index contributed by atoms with van der Waals surface area (Å²) in [6, 6.07) is 4.76. The Bertz CT molecular complexity index is 699. The standard InChI is InChI=1S/C16H17N3O3/c1-4-8-17-12-9-13(20)14(12)18-11-7-5-6-10(15(11)21)16(22)19(2)3/h1,5-7,17-18,21H,8-9H2,2-3H3. The van der Waals surface area contributed by atoms with Gasteiger partial charge in [-0.05, 0) is 12.1 Å². The molecule has 0 aliphatic heterocycles. The quantitative estimate of drug-likeness (QED) is 0.556. The van der Waals surface area contributed by atoms with E-state index in [2.05, 4.69) is 16.6 Å². The fraction of sp³-hybridized carbons (Fsp3) is 0.250. The predicted octanol–water partition coefficient (Wildman–Crippen LogP) is 0.913. The summed E-state index contributed by atoms with van der Waals surface area (Å²) >= 11 is 0. The van der Waals surface area contributed by atoms with E-state index in [9.17, 15) is 14.7 Å². The van der Waals surface area contributed by atoms with Crippen molar-refractivity contribution in [2.75, 3.05) is 26.0 Å². The number of anilines is 1. The summed E-state index contributed by atoms with van der Waals surface area (Å²) < 4.78 is 0. The summed E-state index contributed by atoms with van der Waals surface area (Å²) in [6.07, 6.45) is 5.45. The molecule has 0 saturated heterocycles. The SMILES string of the molecule is C#CCNC1=C(Nc2cccc(C(=O)N(C)C)c2O)C(=O)C1. The second-order valence-electron chi connectivity index (χ2n) is 5.04. The van der Waals surface area contributed by atoms with E-state index in [0.717, 1.165) is 0 Å². The third-order valence-electron chi connectivity index (χ3n) is 3.25. The van der Waals surface area contributed by atoms with Crippen molar-refractivity contribution in [2.24, 2.45) is 0 Å². The Hall–Kier alpha value is -2.94. The number of ketones is 1. The van der Waals surface area contributed by atoms with Crippen LogP contribution < -0.4 is 10.6 Å². The second-order valence-corrected chi connectivity index (χ2v) is 5.04. The molecular formula is C16H17N3O3. The number of para-hydroxylation sites is 1. The Kier molecular flexibility index (Phi) is 4.37. The Morgan fingerprint density at radius 1 is 1.45 bits per heavy atom. The summed E-state index contributed by atoms with van der Waals surface area (Å²) in [7, 11) is 3.20. The van der Waals surface area contributed by atoms with Gasteiger partial charge in [-0.1, -0.05) is 12.0 Å². The number of aromatic hydroxyl groups is 1. The fourth-order valence-electron chi connectivity index (χ4n) is 2.05. The lowest BCUT2D eigenvalue weighted by atomic mass is 9.98. The first-order valence-corrected chi connectivity index (χ1v) is 6.70. The maximum atomic E-state index is 12.0. The normalized spacial score (nSPS) is 13.2. The molecule has 3 N–H and O–H groups in total. The summed E-state index contributed by atoms with van der Waals surface area (Å²) in [5, 5.41) is 16.0. The number of nitrogens with one attached hydrogen (secondary N) is 2. The zero-order chi connectivity index (χ0) is 16.3. The molecule has 0 atom stereocenters. The van der Waals surface area contributed by atoms with Crippen molar-refractivity contribution in [2.45, 2.75) is 6.42 Å². The van der Waals surface area contributed by atoms with E-state index in [-0.39, 0.29) is 29.4 Å². The van der Waals surface area contributed by atoms with E-state index in [4.69, 9.17) is 6.42 Å². The minimum absolute atomic E-state index is 0.0803. The number of rotatable bonds is 5. The van der Waals surface area contributed by atoms with E-state index in [0.29, 0.717) is 23.6 Å². The van der Waals surface area contributed by atoms with Gasteiger partial charge in [0, 0.05) is 19.8 Å². The van der Waals surface area contributed by atoms with Crippen LogP contribution in [0.2, 0.25) is 0 Å². The molecule has 2 rings (SSSR count). The Balaban J connectivity index is 2.28. The molecule has 0 radical (unpaired) electrons. The highest BCUT2D eigenvalue weighted by Gasteiger charge is 2.28. The molecule has 0 unspecified atom stereocenters. The van der Waals surface area contributed by atoms with Crippen LogP contribution in [0.15, 0.2) is 29.6 Å². The Morgan fingerprint density at radius 2 is 2.18 bits per heavy atom. The maximum Gasteiger partial charge on any atom is 0.257 e. The van der Waals surface area contributed by atoms with Gasteiger partial charge in [0.1, 0.15) is 5.70 Å². The fourth-order valence-corrected chi connectivity index (χ4v) is 2.05. The molecule has 0 bridgehead atoms. The number of hydrogen-bond donors (Lipinski definition) is 3. The van der Waals surface area contributed by atoms with Crippen molar-refractivity contribution in [3.05, 3.63) is 35.2 Å². The van der Waals surface area contributed by atoms with Crippen molar-refractivity contribution in [1.82, 2.24) is 10.2 Å². The van der Waals surface area contributed by atoms with Gasteiger partial charge in [0.15, 0.2) is 11.5 Å². The molecule has 0 spiro atoms. The highest BCUT2D eigenvalue weighted by Crippen LogP contribution is 2.32. The molecule has 1 aromatic rings. The van der Waals surface area contributed by atoms with Crippen LogP contribution in [0, 0.1) is 12.3 Å². The van der Waals surface area contributed by atoms with Gasteiger partial charge in [-0.2, -0.15) is 0 Å². The molecular weight excluding hydrogens is 282 g/mol. The zero-order valence-corrected chi connectivity index (χ0v) is 12.4. The van der Waals surface area contributed by atoms with Gasteiger partial charge in [0.2, 0.25) is 0 Å². The average molecular weight is 299 g/mol. The predicted molar refractivity (Wildman–Crippen MR) is 83.2 cm³/mol. The Morgan fingerprint density at radius 3 is 2.77 bits per heavy atom. The number of benzene rings is 1. The number of phenolic OH excluding ortho intramolecular Hbond substituents is 1. The number of allylic oxidation sites excluding steroid dienone is 2. The van der Waals surface area contributed by atoms with Gasteiger partial charge < -0.3 is 20.6 Å². The van der Waals surface area contributed by atoms with Gasteiger partial charge in [0.25, 0.3) is 5.91 Å². The van der Waals surface area contributed by atoms with Crippen LogP contribution in [0.25, 0.3) is 0 Å². The highest BCUT2D eigenvalue weighted by atomic mass is 16.3. The molecule has 6 nitrogen and oxygen atoms in total. The summed E-state index contributed by atoms with van der Waals surface area (Å²) in [4.78, 5) is 25.0. The highest BCUT2D eigenvalue weighted by molar-refractivity contribution is 6.07. The first-order chi connectivity index (χ1) is 10.5. The zero-order valence-electron chi connectivity index (χ0n) is 12.4. The van der Waals surface area contributed by atoms with Gasteiger partial charge in [-0.3, -0.25) is 9.59 Å². The smallest absolute Gasteiger partial charge is 0.257 e. The van der Waals surface area contributed by atoms with E-state index < -0.39 is 0 Å². The number of nitrogens with zero attached hydrogens (tertiary/aromatic N) is 1. The van der Waals surface area contributed by atoms with Crippen LogP contribution in [0.4, 0.5) is 5.69 Å². The molecule has 1 aliphatic carbocycles. The number of amides is 1. The monoisotopic (exact) mass is 299 g/mol. The number of phenols is 1. The van der Waals surface area contributed by atoms with Crippen LogP contribution in [0.1, 0.15) is 16.8 Å². The van der Waals surface area contributed by atoms with Crippen molar-refractivity contribution in [3.8, 4) is 18.1 Å². The van der Waals surface area contributed by atoms with E-state index in [1.807, 2.05) is 0 Å². The molecule has 0 fully saturated rings. The van der Waals surface area contributed by atoms with Crippen LogP contribution in [0.5, 0.6) is 5.75 Å². The first kappa shape index (κ1) is 15.4. The van der Waals surface area contributed by atoms with Crippen molar-refractivity contribution < 1.29 is 14.7 Å². The molecule has 1 amide bonds. The topological polar surface area (TPSA) is 81.7 Å². The lowest BCUT2D eigenvalue weighted by Gasteiger charge is -2.24. The van der Waals surface area contributed by atoms with Gasteiger partial charge in [-0.25, -0.2) is 0 Å². The van der Waals surface area contributed by atoms with Crippen LogP contribution in [-0.4, -0.2) is 42.3 Å². The van der Waals surface area contributed by atoms with Gasteiger partial charge >= 0.3 is 0 Å². The summed E-state index contributed by atoms with van der Waals surface area (Å²) in [5.74, 6) is 1.84. The van der Waals surface area contributed by atoms with Gasteiger partial charge in [0.05, 0.1) is 24.2 Å². The van der Waals surface area contributed by atoms with Gasteiger partial charge in [-0.15, -0.1) is 6.42 Å². The minimum atomic E-state index is -0.319. The molecule has 0 aromatic heterocycles. The number of carbonyl (C=O) groups excluding carboxylic acids is 2. The molecule has 22 heavy (non-hydrogen) atoms. The molecule has 1 aromatic carbocycles. The molecule has 0 saturated carbocycles. The lowest BCUT2D eigenvalue weighted by Crippen LogP contribution is -2.32. The second kappa shape index (κ2) is 6.22. The van der Waals surface area contributed by atoms with E-state index >= 15 is 0 Å². The summed E-state index contributed by atoms with van der Waals surface area (Å²) in [5.41, 5.74) is 1.53. The van der Waals surface area contributed by atoms with Crippen LogP contribution in [-0.2, 0) is 4.79 Å². The Labute approximate surface area is 128 Å². The average Bonchev–Trinajstić information content (AvgIpc) is 2.49. The minimum Gasteiger partial charge on any atom is -0.505 e. The first-order valence-electron chi connectivity index (χ1n) is 6.70. The lowest BCUT2D eigenvalue weighted by molar-refractivity contribution is -0.116. The van der Waals surface area contributed by atoms with Crippen molar-refractivity contribution >= 4 is 17.4 Å². The molecule has 6 heteroatoms. The number of Topliss-reactive ketones (excluding diaryl/α,β-unsaturated/α-hetero) is 1. The van der Waals surface area contributed by atoms with Crippen molar-refractivity contribution in [3.63, 3.8) is 0 Å². The molecule has 0 heterocycles. The van der Waals surface area contributed by atoms with E-state index in [1.54, 1.807) is 26.2 Å². The number of hydrogen-bond acceptors (Lipinski definition) is 5. The third kappa shape index (κ3) is 2.88. The summed E-state index contributed by atoms with van der Waals surface area (Å²) in [6.45, 7) is 0.318. The molecule has 1 aliphatic rings. The maximum absolute atomic E-state index is 12.0. The van der Waals surface area contributed by atoms with E-state index in [1.165, 1.54) is 11.0 Å². The molecule has 114 valence electrons. The number of carbonyl (C=O) groups is 2. The van der Waals surface area contributed by atoms with Crippen LogP contribution >= 0.6 is 0 Å². The largest absolute Gasteiger partial charge is 0.505 e. The van der Waals surface area contributed by atoms with Crippen molar-refractivity contribution in [1.29, 1.82) is 0 Å².